The Hall–Kier alpha value is -4.19. The highest BCUT2D eigenvalue weighted by Crippen LogP contribution is 2.27. The number of benzene rings is 3. The topological polar surface area (TPSA) is 64.9 Å². The second-order valence-corrected chi connectivity index (χ2v) is 6.39. The summed E-state index contributed by atoms with van der Waals surface area (Å²) in [7, 11) is 0. The van der Waals surface area contributed by atoms with Crippen molar-refractivity contribution in [2.45, 2.75) is 0 Å². The van der Waals surface area contributed by atoms with Gasteiger partial charge < -0.3 is 10.1 Å². The molecule has 0 amide bonds. The molecule has 140 valence electrons. The zero-order valence-electron chi connectivity index (χ0n) is 15.4. The van der Waals surface area contributed by atoms with Gasteiger partial charge in [0.05, 0.1) is 11.0 Å². The Morgan fingerprint density at radius 1 is 0.759 bits per heavy atom. The maximum absolute atomic E-state index is 5.86. The third-order valence-corrected chi connectivity index (χ3v) is 4.45. The van der Waals surface area contributed by atoms with Crippen molar-refractivity contribution in [1.29, 1.82) is 0 Å². The second-order valence-electron chi connectivity index (χ2n) is 6.39. The summed E-state index contributed by atoms with van der Waals surface area (Å²) >= 11 is 0. The number of imidazole rings is 1. The van der Waals surface area contributed by atoms with E-state index in [-0.39, 0.29) is 0 Å². The van der Waals surface area contributed by atoms with E-state index in [1.165, 1.54) is 6.33 Å². The van der Waals surface area contributed by atoms with E-state index in [9.17, 15) is 0 Å². The minimum absolute atomic E-state index is 0.682. The molecule has 0 fully saturated rings. The van der Waals surface area contributed by atoms with Gasteiger partial charge in [-0.25, -0.2) is 15.0 Å². The molecule has 6 heteroatoms. The molecule has 0 atom stereocenters. The Labute approximate surface area is 167 Å². The van der Waals surface area contributed by atoms with Crippen molar-refractivity contribution in [3.05, 3.63) is 97.5 Å². The molecule has 0 bridgehead atoms. The lowest BCUT2D eigenvalue weighted by molar-refractivity contribution is 0.483. The fourth-order valence-electron chi connectivity index (χ4n) is 3.12. The maximum atomic E-state index is 5.86. The predicted octanol–water partition coefficient (Wildman–Crippen LogP) is 5.35. The molecule has 3 aromatic carbocycles. The third-order valence-electron chi connectivity index (χ3n) is 4.45. The summed E-state index contributed by atoms with van der Waals surface area (Å²) in [6.07, 6.45) is 3.25. The summed E-state index contributed by atoms with van der Waals surface area (Å²) < 4.78 is 7.84. The van der Waals surface area contributed by atoms with Crippen LogP contribution in [0.3, 0.4) is 0 Å². The zero-order valence-corrected chi connectivity index (χ0v) is 15.4. The van der Waals surface area contributed by atoms with Crippen molar-refractivity contribution < 1.29 is 4.74 Å². The van der Waals surface area contributed by atoms with Crippen LogP contribution in [0.15, 0.2) is 97.5 Å². The van der Waals surface area contributed by atoms with Gasteiger partial charge in [0.15, 0.2) is 0 Å². The first-order valence-corrected chi connectivity index (χ1v) is 9.21. The minimum Gasteiger partial charge on any atom is -0.457 e. The molecule has 5 rings (SSSR count). The van der Waals surface area contributed by atoms with Crippen molar-refractivity contribution >= 4 is 22.7 Å². The van der Waals surface area contributed by atoms with Crippen LogP contribution in [0, 0.1) is 0 Å². The highest BCUT2D eigenvalue weighted by molar-refractivity contribution is 5.81. The first kappa shape index (κ1) is 16.9. The number of fused-ring (bicyclic) bond motifs is 1. The minimum atomic E-state index is 0.682. The average molecular weight is 379 g/mol. The summed E-state index contributed by atoms with van der Waals surface area (Å²) in [6.45, 7) is 0. The van der Waals surface area contributed by atoms with Crippen LogP contribution in [0.25, 0.3) is 16.9 Å². The molecule has 0 unspecified atom stereocenters. The van der Waals surface area contributed by atoms with E-state index in [0.29, 0.717) is 5.95 Å². The lowest BCUT2D eigenvalue weighted by Crippen LogP contribution is -2.03. The number of ether oxygens (including phenoxy) is 1. The van der Waals surface area contributed by atoms with Crippen LogP contribution in [0.1, 0.15) is 0 Å². The fourth-order valence-corrected chi connectivity index (χ4v) is 3.12. The molecule has 5 aromatic rings. The van der Waals surface area contributed by atoms with E-state index in [1.807, 2.05) is 89.5 Å². The smallest absolute Gasteiger partial charge is 0.214 e. The normalized spacial score (nSPS) is 10.8. The molecular formula is C23H17N5O. The van der Waals surface area contributed by atoms with Crippen LogP contribution >= 0.6 is 0 Å². The first-order chi connectivity index (χ1) is 14.4. The fraction of sp³-hybridized carbons (Fsp3) is 0. The van der Waals surface area contributed by atoms with E-state index in [0.717, 1.165) is 34.0 Å². The van der Waals surface area contributed by atoms with Gasteiger partial charge in [-0.2, -0.15) is 0 Å². The van der Waals surface area contributed by atoms with Crippen LogP contribution in [-0.2, 0) is 0 Å². The molecule has 0 spiro atoms. The molecule has 29 heavy (non-hydrogen) atoms. The lowest BCUT2D eigenvalue weighted by Gasteiger charge is -2.11. The van der Waals surface area contributed by atoms with Crippen LogP contribution in [0.2, 0.25) is 0 Å². The van der Waals surface area contributed by atoms with E-state index >= 15 is 0 Å². The van der Waals surface area contributed by atoms with Crippen molar-refractivity contribution in [2.24, 2.45) is 0 Å². The lowest BCUT2D eigenvalue weighted by atomic mass is 10.3. The van der Waals surface area contributed by atoms with Crippen LogP contribution < -0.4 is 10.1 Å². The number of nitrogens with zero attached hydrogens (tertiary/aromatic N) is 4. The Kier molecular flexibility index (Phi) is 4.35. The molecule has 0 saturated heterocycles. The van der Waals surface area contributed by atoms with Crippen LogP contribution in [0.4, 0.5) is 11.6 Å². The summed E-state index contributed by atoms with van der Waals surface area (Å²) in [5.74, 6) is 3.01. The molecule has 1 N–H and O–H groups in total. The van der Waals surface area contributed by atoms with Crippen molar-refractivity contribution in [3.63, 3.8) is 0 Å². The zero-order chi connectivity index (χ0) is 19.5. The van der Waals surface area contributed by atoms with Crippen molar-refractivity contribution in [1.82, 2.24) is 19.5 Å². The van der Waals surface area contributed by atoms with E-state index in [4.69, 9.17) is 9.72 Å². The van der Waals surface area contributed by atoms with Crippen LogP contribution in [0.5, 0.6) is 11.5 Å². The van der Waals surface area contributed by atoms with E-state index in [1.54, 1.807) is 6.20 Å². The van der Waals surface area contributed by atoms with Gasteiger partial charge in [-0.15, -0.1) is 0 Å². The molecule has 0 saturated carbocycles. The molecule has 2 heterocycles. The van der Waals surface area contributed by atoms with Gasteiger partial charge in [0.1, 0.15) is 23.6 Å². The highest BCUT2D eigenvalue weighted by atomic mass is 16.5. The largest absolute Gasteiger partial charge is 0.457 e. The monoisotopic (exact) mass is 379 g/mol. The number of rotatable bonds is 5. The summed E-state index contributed by atoms with van der Waals surface area (Å²) in [4.78, 5) is 13.1. The molecular weight excluding hydrogens is 362 g/mol. The van der Waals surface area contributed by atoms with Gasteiger partial charge in [0.25, 0.3) is 0 Å². The molecule has 2 aromatic heterocycles. The van der Waals surface area contributed by atoms with Gasteiger partial charge in [0, 0.05) is 11.9 Å². The molecule has 0 aliphatic rings. The molecule has 0 aliphatic heterocycles. The second kappa shape index (κ2) is 7.44. The number of hydrogen-bond donors (Lipinski definition) is 1. The van der Waals surface area contributed by atoms with Crippen molar-refractivity contribution in [3.8, 4) is 17.3 Å². The first-order valence-electron chi connectivity index (χ1n) is 9.21. The Morgan fingerprint density at radius 2 is 1.52 bits per heavy atom. The maximum Gasteiger partial charge on any atom is 0.214 e. The SMILES string of the molecule is c1ccc(Oc2ccc(Nc3nc4ccccc4n3-c3ccncn3)cc2)cc1. The van der Waals surface area contributed by atoms with Gasteiger partial charge in [-0.3, -0.25) is 4.57 Å². The highest BCUT2D eigenvalue weighted by Gasteiger charge is 2.13. The van der Waals surface area contributed by atoms with Gasteiger partial charge in [-0.1, -0.05) is 30.3 Å². The number of nitrogens with one attached hydrogen (secondary N) is 1. The van der Waals surface area contributed by atoms with Gasteiger partial charge >= 0.3 is 0 Å². The van der Waals surface area contributed by atoms with Crippen molar-refractivity contribution in [2.75, 3.05) is 5.32 Å². The van der Waals surface area contributed by atoms with Crippen LogP contribution in [-0.4, -0.2) is 19.5 Å². The number of aromatic nitrogens is 4. The predicted molar refractivity (Wildman–Crippen MR) is 113 cm³/mol. The summed E-state index contributed by atoms with van der Waals surface area (Å²) in [6, 6.07) is 27.3. The summed E-state index contributed by atoms with van der Waals surface area (Å²) in [5, 5.41) is 3.39. The average Bonchev–Trinajstić information content (AvgIpc) is 3.14. The molecule has 6 nitrogen and oxygen atoms in total. The number of hydrogen-bond acceptors (Lipinski definition) is 5. The number of para-hydroxylation sites is 3. The summed E-state index contributed by atoms with van der Waals surface area (Å²) in [5.41, 5.74) is 2.76. The Bertz CT molecular complexity index is 1240. The van der Waals surface area contributed by atoms with Gasteiger partial charge in [-0.05, 0) is 54.6 Å². The van der Waals surface area contributed by atoms with Gasteiger partial charge in [0.2, 0.25) is 5.95 Å². The molecule has 0 aliphatic carbocycles. The Morgan fingerprint density at radius 3 is 2.31 bits per heavy atom. The van der Waals surface area contributed by atoms with E-state index < -0.39 is 0 Å². The molecule has 0 radical (unpaired) electrons. The third kappa shape index (κ3) is 3.51. The Balaban J connectivity index is 1.46. The quantitative estimate of drug-likeness (QED) is 0.446. The van der Waals surface area contributed by atoms with E-state index in [2.05, 4.69) is 15.3 Å². The number of anilines is 2. The standard InChI is InChI=1S/C23H17N5O/c1-2-6-18(7-3-1)29-19-12-10-17(11-13-19)26-23-27-20-8-4-5-9-21(20)28(23)22-14-15-24-16-25-22/h1-16H,(H,26,27).